The molecule has 2 aromatic rings. The number of hydrogen-bond acceptors (Lipinski definition) is 5. The fraction of sp³-hybridized carbons (Fsp3) is 0.412. The summed E-state index contributed by atoms with van der Waals surface area (Å²) in [5.41, 5.74) is 0.438. The van der Waals surface area contributed by atoms with Crippen molar-refractivity contribution in [2.24, 2.45) is 5.92 Å². The summed E-state index contributed by atoms with van der Waals surface area (Å²) in [7, 11) is 1.55. The van der Waals surface area contributed by atoms with Crippen molar-refractivity contribution in [1.29, 1.82) is 0 Å². The number of imidazole rings is 1. The van der Waals surface area contributed by atoms with Crippen LogP contribution in [-0.2, 0) is 16.1 Å². The van der Waals surface area contributed by atoms with Gasteiger partial charge in [0.05, 0.1) is 11.5 Å². The van der Waals surface area contributed by atoms with E-state index in [9.17, 15) is 9.59 Å². The highest BCUT2D eigenvalue weighted by Gasteiger charge is 2.37. The van der Waals surface area contributed by atoms with Crippen molar-refractivity contribution < 1.29 is 14.3 Å². The Balaban J connectivity index is 1.71. The first kappa shape index (κ1) is 17.1. The van der Waals surface area contributed by atoms with Gasteiger partial charge in [-0.1, -0.05) is 0 Å². The first-order chi connectivity index (χ1) is 12.1. The van der Waals surface area contributed by atoms with Crippen molar-refractivity contribution in [3.8, 4) is 0 Å². The van der Waals surface area contributed by atoms with Gasteiger partial charge in [0.2, 0.25) is 5.91 Å². The van der Waals surface area contributed by atoms with Gasteiger partial charge in [0.1, 0.15) is 17.7 Å². The Hall–Kier alpha value is -2.74. The van der Waals surface area contributed by atoms with Crippen molar-refractivity contribution in [2.45, 2.75) is 26.0 Å². The molecule has 0 bridgehead atoms. The minimum atomic E-state index is -0.361. The first-order valence-electron chi connectivity index (χ1n) is 8.25. The molecule has 0 saturated carbocycles. The highest BCUT2D eigenvalue weighted by atomic mass is 16.5. The maximum atomic E-state index is 12.6. The van der Waals surface area contributed by atoms with E-state index in [4.69, 9.17) is 4.74 Å². The van der Waals surface area contributed by atoms with E-state index in [1.807, 2.05) is 17.7 Å². The number of anilines is 1. The molecule has 8 heteroatoms. The van der Waals surface area contributed by atoms with Gasteiger partial charge in [-0.05, 0) is 25.5 Å². The molecule has 0 aliphatic carbocycles. The fourth-order valence-corrected chi connectivity index (χ4v) is 2.92. The Morgan fingerprint density at radius 3 is 2.88 bits per heavy atom. The third-order valence-corrected chi connectivity index (χ3v) is 4.28. The van der Waals surface area contributed by atoms with Gasteiger partial charge in [0.15, 0.2) is 0 Å². The zero-order valence-corrected chi connectivity index (χ0v) is 14.2. The number of carbonyl (C=O) groups excluding carboxylic acids is 2. The third-order valence-electron chi connectivity index (χ3n) is 4.28. The van der Waals surface area contributed by atoms with Crippen molar-refractivity contribution in [3.05, 3.63) is 42.1 Å². The molecule has 3 rings (SSSR count). The summed E-state index contributed by atoms with van der Waals surface area (Å²) in [6, 6.07) is 3.23. The van der Waals surface area contributed by atoms with Gasteiger partial charge in [0.25, 0.3) is 5.91 Å². The molecule has 1 aliphatic heterocycles. The second-order valence-corrected chi connectivity index (χ2v) is 5.76. The number of nitrogens with one attached hydrogen (secondary N) is 2. The molecule has 8 nitrogen and oxygen atoms in total. The number of nitrogens with zero attached hydrogens (tertiary/aromatic N) is 3. The average molecular weight is 343 g/mol. The summed E-state index contributed by atoms with van der Waals surface area (Å²) < 4.78 is 7.74. The number of amides is 2. The van der Waals surface area contributed by atoms with Crippen molar-refractivity contribution in [1.82, 2.24) is 19.9 Å². The lowest BCUT2D eigenvalue weighted by Crippen LogP contribution is -2.27. The second kappa shape index (κ2) is 7.43. The van der Waals surface area contributed by atoms with Gasteiger partial charge in [-0.2, -0.15) is 0 Å². The van der Waals surface area contributed by atoms with Crippen molar-refractivity contribution in [3.63, 3.8) is 0 Å². The lowest BCUT2D eigenvalue weighted by molar-refractivity contribution is -0.121. The van der Waals surface area contributed by atoms with E-state index >= 15 is 0 Å². The number of rotatable bonds is 5. The van der Waals surface area contributed by atoms with Crippen LogP contribution in [0.15, 0.2) is 30.7 Å². The van der Waals surface area contributed by atoms with Crippen LogP contribution in [0.1, 0.15) is 35.6 Å². The maximum absolute atomic E-state index is 12.6. The molecular weight excluding hydrogens is 322 g/mol. The molecule has 2 aromatic heterocycles. The third kappa shape index (κ3) is 3.53. The van der Waals surface area contributed by atoms with E-state index in [1.54, 1.807) is 25.4 Å². The van der Waals surface area contributed by atoms with Crippen molar-refractivity contribution >= 4 is 17.6 Å². The van der Waals surface area contributed by atoms with E-state index < -0.39 is 0 Å². The molecule has 1 saturated heterocycles. The van der Waals surface area contributed by atoms with Gasteiger partial charge >= 0.3 is 0 Å². The number of carbonyl (C=O) groups is 2. The zero-order chi connectivity index (χ0) is 17.8. The molecular formula is C17H21N5O3. The van der Waals surface area contributed by atoms with Gasteiger partial charge in [-0.3, -0.25) is 9.59 Å². The van der Waals surface area contributed by atoms with E-state index in [2.05, 4.69) is 20.6 Å². The first-order valence-corrected chi connectivity index (χ1v) is 8.25. The molecule has 132 valence electrons. The Labute approximate surface area is 145 Å². The Morgan fingerprint density at radius 1 is 1.36 bits per heavy atom. The number of aryl methyl sites for hydroxylation is 1. The van der Waals surface area contributed by atoms with Gasteiger partial charge in [-0.25, -0.2) is 9.97 Å². The van der Waals surface area contributed by atoms with Gasteiger partial charge in [-0.15, -0.1) is 0 Å². The average Bonchev–Trinajstić information content (AvgIpc) is 3.29. The quantitative estimate of drug-likeness (QED) is 0.854. The van der Waals surface area contributed by atoms with Crippen LogP contribution < -0.4 is 10.6 Å². The standard InChI is InChI=1S/C17H21N5O3/c1-3-22-8-7-19-15(22)14-12(6-9-25-14)17(24)21-13-5-4-11(10-20-13)16(23)18-2/h4-5,7-8,10,12,14H,3,6,9H2,1-2H3,(H,18,23)(H,20,21,24)/t12-,14-/m1/s1. The minimum Gasteiger partial charge on any atom is -0.369 e. The van der Waals surface area contributed by atoms with Gasteiger partial charge < -0.3 is 19.9 Å². The predicted molar refractivity (Wildman–Crippen MR) is 91.0 cm³/mol. The lowest BCUT2D eigenvalue weighted by Gasteiger charge is -2.18. The van der Waals surface area contributed by atoms with Crippen molar-refractivity contribution in [2.75, 3.05) is 19.0 Å². The molecule has 0 aromatic carbocycles. The molecule has 0 spiro atoms. The fourth-order valence-electron chi connectivity index (χ4n) is 2.92. The number of ether oxygens (including phenoxy) is 1. The van der Waals surface area contributed by atoms with Crippen LogP contribution in [0.2, 0.25) is 0 Å². The minimum absolute atomic E-state index is 0.159. The summed E-state index contributed by atoms with van der Waals surface area (Å²) in [6.07, 6.45) is 5.30. The predicted octanol–water partition coefficient (Wildman–Crippen LogP) is 1.37. The summed E-state index contributed by atoms with van der Waals surface area (Å²) in [5, 5.41) is 5.33. The molecule has 0 unspecified atom stereocenters. The topological polar surface area (TPSA) is 98.1 Å². The summed E-state index contributed by atoms with van der Waals surface area (Å²) in [5.74, 6) is 0.465. The van der Waals surface area contributed by atoms with E-state index in [-0.39, 0.29) is 23.8 Å². The molecule has 1 fully saturated rings. The van der Waals surface area contributed by atoms with Crippen LogP contribution >= 0.6 is 0 Å². The van der Waals surface area contributed by atoms with Crippen LogP contribution in [-0.4, -0.2) is 40.0 Å². The summed E-state index contributed by atoms with van der Waals surface area (Å²) in [4.78, 5) is 32.6. The van der Waals surface area contributed by atoms with E-state index in [0.29, 0.717) is 24.4 Å². The molecule has 2 N–H and O–H groups in total. The number of aromatic nitrogens is 3. The number of pyridine rings is 1. The van der Waals surface area contributed by atoms with Crippen LogP contribution in [0, 0.1) is 5.92 Å². The van der Waals surface area contributed by atoms with Crippen LogP contribution in [0.5, 0.6) is 0 Å². The highest BCUT2D eigenvalue weighted by molar-refractivity contribution is 5.95. The van der Waals surface area contributed by atoms with Crippen LogP contribution in [0.25, 0.3) is 0 Å². The molecule has 2 amide bonds. The summed E-state index contributed by atoms with van der Waals surface area (Å²) in [6.45, 7) is 3.31. The molecule has 0 radical (unpaired) electrons. The smallest absolute Gasteiger partial charge is 0.252 e. The van der Waals surface area contributed by atoms with E-state index in [1.165, 1.54) is 6.20 Å². The van der Waals surface area contributed by atoms with E-state index in [0.717, 1.165) is 12.4 Å². The second-order valence-electron chi connectivity index (χ2n) is 5.76. The SMILES string of the molecule is CCn1ccnc1[C@@H]1OCC[C@H]1C(=O)Nc1ccc(C(=O)NC)cn1. The molecule has 3 heterocycles. The largest absolute Gasteiger partial charge is 0.369 e. The molecule has 2 atom stereocenters. The number of hydrogen-bond donors (Lipinski definition) is 2. The Bertz CT molecular complexity index is 756. The lowest BCUT2D eigenvalue weighted by atomic mass is 10.00. The Kier molecular flexibility index (Phi) is 5.08. The maximum Gasteiger partial charge on any atom is 0.252 e. The zero-order valence-electron chi connectivity index (χ0n) is 14.2. The molecule has 1 aliphatic rings. The molecule has 25 heavy (non-hydrogen) atoms. The van der Waals surface area contributed by atoms with Crippen LogP contribution in [0.3, 0.4) is 0 Å². The van der Waals surface area contributed by atoms with Crippen LogP contribution in [0.4, 0.5) is 5.82 Å². The normalized spacial score (nSPS) is 19.6. The highest BCUT2D eigenvalue weighted by Crippen LogP contribution is 2.34. The Morgan fingerprint density at radius 2 is 2.20 bits per heavy atom. The monoisotopic (exact) mass is 343 g/mol. The van der Waals surface area contributed by atoms with Gasteiger partial charge in [0, 0.05) is 38.8 Å². The summed E-state index contributed by atoms with van der Waals surface area (Å²) >= 11 is 0.